The van der Waals surface area contributed by atoms with Gasteiger partial charge in [0.15, 0.2) is 0 Å². The molecule has 5 nitrogen and oxygen atoms in total. The summed E-state index contributed by atoms with van der Waals surface area (Å²) >= 11 is 0. The van der Waals surface area contributed by atoms with Gasteiger partial charge < -0.3 is 10.8 Å². The van der Waals surface area contributed by atoms with Crippen LogP contribution < -0.4 is 5.73 Å². The molecule has 21 heavy (non-hydrogen) atoms. The van der Waals surface area contributed by atoms with E-state index >= 15 is 0 Å². The highest BCUT2D eigenvalue weighted by Gasteiger charge is 2.38. The van der Waals surface area contributed by atoms with Crippen molar-refractivity contribution < 1.29 is 27.9 Å². The lowest BCUT2D eigenvalue weighted by molar-refractivity contribution is -0.192. The zero-order valence-electron chi connectivity index (χ0n) is 10.6. The van der Waals surface area contributed by atoms with Crippen molar-refractivity contribution in [3.8, 4) is 0 Å². The van der Waals surface area contributed by atoms with Crippen molar-refractivity contribution in [2.24, 2.45) is 10.7 Å². The lowest BCUT2D eigenvalue weighted by Crippen LogP contribution is -2.21. The second-order valence-corrected chi connectivity index (χ2v) is 3.94. The Balaban J connectivity index is 0.000000270. The summed E-state index contributed by atoms with van der Waals surface area (Å²) in [6.45, 7) is 0. The topological polar surface area (TPSA) is 92.8 Å². The summed E-state index contributed by atoms with van der Waals surface area (Å²) in [5.41, 5.74) is 7.76. The molecule has 0 saturated carbocycles. The number of benzene rings is 1. The number of nitrogens with zero attached hydrogens (tertiary/aromatic N) is 1. The first kappa shape index (κ1) is 16.4. The Labute approximate surface area is 117 Å². The molecule has 0 aromatic heterocycles. The Hall–Kier alpha value is -2.64. The third kappa shape index (κ3) is 5.09. The molecule has 0 bridgehead atoms. The number of rotatable bonds is 1. The highest BCUT2D eigenvalue weighted by molar-refractivity contribution is 5.97. The molecule has 0 fully saturated rings. The second kappa shape index (κ2) is 6.69. The van der Waals surface area contributed by atoms with Gasteiger partial charge in [-0.05, 0) is 17.7 Å². The number of fused-ring (bicyclic) bond motifs is 1. The van der Waals surface area contributed by atoms with Gasteiger partial charge >= 0.3 is 12.1 Å². The van der Waals surface area contributed by atoms with E-state index in [1.165, 1.54) is 0 Å². The number of carboxylic acids is 1. The standard InChI is InChI=1S/C11H10N2O.C2HF3O2/c12-11(14)9-5-6-13-10-4-2-1-3-8(10)7-9;3-2(4,5)1(6)7/h1-6H,7H2,(H2,12,14);(H,6,7). The molecule has 0 unspecified atom stereocenters. The van der Waals surface area contributed by atoms with Crippen molar-refractivity contribution in [1.29, 1.82) is 0 Å². The average Bonchev–Trinajstić information content (AvgIpc) is 2.60. The molecule has 3 N–H and O–H groups in total. The number of primary amides is 1. The van der Waals surface area contributed by atoms with E-state index in [-0.39, 0.29) is 5.91 Å². The Bertz CT molecular complexity index is 607. The summed E-state index contributed by atoms with van der Waals surface area (Å²) in [6, 6.07) is 7.72. The number of carbonyl (C=O) groups excluding carboxylic acids is 1. The van der Waals surface area contributed by atoms with Crippen LogP contribution in [0.3, 0.4) is 0 Å². The summed E-state index contributed by atoms with van der Waals surface area (Å²) in [7, 11) is 0. The zero-order valence-corrected chi connectivity index (χ0v) is 10.6. The van der Waals surface area contributed by atoms with E-state index in [2.05, 4.69) is 4.99 Å². The molecular weight excluding hydrogens is 289 g/mol. The van der Waals surface area contributed by atoms with E-state index in [0.717, 1.165) is 11.3 Å². The maximum Gasteiger partial charge on any atom is 0.490 e. The minimum Gasteiger partial charge on any atom is -0.475 e. The Morgan fingerprint density at radius 2 is 1.81 bits per heavy atom. The Kier molecular flexibility index (Phi) is 5.23. The molecule has 1 aliphatic rings. The molecule has 8 heteroatoms. The van der Waals surface area contributed by atoms with Gasteiger partial charge in [-0.3, -0.25) is 9.79 Å². The average molecular weight is 300 g/mol. The van der Waals surface area contributed by atoms with Gasteiger partial charge in [-0.25, -0.2) is 4.79 Å². The fourth-order valence-electron chi connectivity index (χ4n) is 1.43. The van der Waals surface area contributed by atoms with E-state index < -0.39 is 12.1 Å². The molecule has 0 atom stereocenters. The highest BCUT2D eigenvalue weighted by Crippen LogP contribution is 2.23. The van der Waals surface area contributed by atoms with Gasteiger partial charge in [-0.1, -0.05) is 18.2 Å². The fraction of sp³-hybridized carbons (Fsp3) is 0.154. The van der Waals surface area contributed by atoms with Crippen LogP contribution in [0.5, 0.6) is 0 Å². The summed E-state index contributed by atoms with van der Waals surface area (Å²) in [4.78, 5) is 24.1. The number of hydrogen-bond donors (Lipinski definition) is 2. The first-order valence-corrected chi connectivity index (χ1v) is 5.63. The lowest BCUT2D eigenvalue weighted by Gasteiger charge is -2.03. The molecule has 1 amide bonds. The van der Waals surface area contributed by atoms with E-state index in [0.29, 0.717) is 12.0 Å². The van der Waals surface area contributed by atoms with E-state index in [9.17, 15) is 18.0 Å². The molecule has 1 aromatic carbocycles. The third-order valence-corrected chi connectivity index (χ3v) is 2.42. The summed E-state index contributed by atoms with van der Waals surface area (Å²) in [6.07, 6.45) is -1.24. The second-order valence-electron chi connectivity index (χ2n) is 3.94. The summed E-state index contributed by atoms with van der Waals surface area (Å²) in [5.74, 6) is -3.14. The highest BCUT2D eigenvalue weighted by atomic mass is 19.4. The summed E-state index contributed by atoms with van der Waals surface area (Å²) < 4.78 is 31.7. The first-order chi connectivity index (χ1) is 9.71. The van der Waals surface area contributed by atoms with Gasteiger partial charge in [0.25, 0.3) is 0 Å². The van der Waals surface area contributed by atoms with Crippen LogP contribution in [-0.4, -0.2) is 29.4 Å². The minimum atomic E-state index is -5.08. The number of alkyl halides is 3. The van der Waals surface area contributed by atoms with Crippen LogP contribution in [-0.2, 0) is 16.0 Å². The van der Waals surface area contributed by atoms with E-state index in [1.807, 2.05) is 24.3 Å². The van der Waals surface area contributed by atoms with Gasteiger partial charge in [0.2, 0.25) is 5.91 Å². The van der Waals surface area contributed by atoms with Gasteiger partial charge in [0.05, 0.1) is 5.69 Å². The van der Waals surface area contributed by atoms with Crippen molar-refractivity contribution >= 4 is 23.8 Å². The van der Waals surface area contributed by atoms with Crippen LogP contribution in [0.1, 0.15) is 5.56 Å². The SMILES string of the molecule is NC(=O)C1=CC=Nc2ccccc2C1.O=C(O)C(F)(F)F. The van der Waals surface area contributed by atoms with Crippen molar-refractivity contribution in [2.75, 3.05) is 0 Å². The normalized spacial score (nSPS) is 13.2. The van der Waals surface area contributed by atoms with E-state index in [4.69, 9.17) is 15.6 Å². The molecule has 2 rings (SSSR count). The number of allylic oxidation sites excluding steroid dienone is 1. The quantitative estimate of drug-likeness (QED) is 0.830. The van der Waals surface area contributed by atoms with Crippen LogP contribution in [0.25, 0.3) is 0 Å². The number of nitrogens with two attached hydrogens (primary N) is 1. The maximum atomic E-state index is 11.0. The molecule has 0 saturated heterocycles. The van der Waals surface area contributed by atoms with Gasteiger partial charge in [0.1, 0.15) is 0 Å². The molecule has 0 aliphatic carbocycles. The number of para-hydroxylation sites is 1. The maximum absolute atomic E-state index is 11.0. The summed E-state index contributed by atoms with van der Waals surface area (Å²) in [5, 5.41) is 7.12. The van der Waals surface area contributed by atoms with Crippen molar-refractivity contribution in [2.45, 2.75) is 12.6 Å². The largest absolute Gasteiger partial charge is 0.490 e. The number of carboxylic acid groups (broad SMARTS) is 1. The van der Waals surface area contributed by atoms with Crippen molar-refractivity contribution in [1.82, 2.24) is 0 Å². The van der Waals surface area contributed by atoms with Crippen molar-refractivity contribution in [3.05, 3.63) is 41.5 Å². The molecule has 1 aromatic rings. The van der Waals surface area contributed by atoms with Gasteiger partial charge in [-0.15, -0.1) is 0 Å². The van der Waals surface area contributed by atoms with Crippen molar-refractivity contribution in [3.63, 3.8) is 0 Å². The number of hydrogen-bond acceptors (Lipinski definition) is 3. The number of carbonyl (C=O) groups is 2. The third-order valence-electron chi connectivity index (χ3n) is 2.42. The van der Waals surface area contributed by atoms with Crippen LogP contribution in [0.2, 0.25) is 0 Å². The minimum absolute atomic E-state index is 0.381. The molecular formula is C13H11F3N2O3. The molecule has 1 heterocycles. The molecule has 112 valence electrons. The van der Waals surface area contributed by atoms with Crippen LogP contribution in [0.15, 0.2) is 40.9 Å². The monoisotopic (exact) mass is 300 g/mol. The van der Waals surface area contributed by atoms with Crippen LogP contribution >= 0.6 is 0 Å². The molecule has 0 radical (unpaired) electrons. The fourth-order valence-corrected chi connectivity index (χ4v) is 1.43. The number of aliphatic carboxylic acids is 1. The smallest absolute Gasteiger partial charge is 0.475 e. The Morgan fingerprint density at radius 3 is 2.33 bits per heavy atom. The Morgan fingerprint density at radius 1 is 1.24 bits per heavy atom. The number of aliphatic imine (C=N–C) groups is 1. The van der Waals surface area contributed by atoms with Gasteiger partial charge in [-0.2, -0.15) is 13.2 Å². The number of halogens is 3. The van der Waals surface area contributed by atoms with Crippen LogP contribution in [0.4, 0.5) is 18.9 Å². The molecule has 1 aliphatic heterocycles. The predicted molar refractivity (Wildman–Crippen MR) is 69.3 cm³/mol. The zero-order chi connectivity index (χ0) is 16.0. The first-order valence-electron chi connectivity index (χ1n) is 5.63. The lowest BCUT2D eigenvalue weighted by atomic mass is 10.0. The number of amides is 1. The molecule has 0 spiro atoms. The van der Waals surface area contributed by atoms with Gasteiger partial charge in [0, 0.05) is 18.2 Å². The van der Waals surface area contributed by atoms with Crippen LogP contribution in [0, 0.1) is 0 Å². The predicted octanol–water partition coefficient (Wildman–Crippen LogP) is 1.99. The van der Waals surface area contributed by atoms with E-state index in [1.54, 1.807) is 12.3 Å².